The predicted molar refractivity (Wildman–Crippen MR) is 164 cm³/mol. The van der Waals surface area contributed by atoms with Crippen molar-refractivity contribution in [1.82, 2.24) is 26.2 Å². The van der Waals surface area contributed by atoms with Gasteiger partial charge in [-0.2, -0.15) is 0 Å². The van der Waals surface area contributed by atoms with Gasteiger partial charge in [0, 0.05) is 19.4 Å². The minimum absolute atomic E-state index is 0.00676. The SMILES string of the molecule is CC(N)C(=O)NC(Cc1ccccc1)C(=O)NCC(=O)NC(Cc1ccc(O)cc1)C(=O)N1CCCC1C(=O)NC(CO)C(=O)O. The van der Waals surface area contributed by atoms with Crippen molar-refractivity contribution in [1.29, 1.82) is 0 Å². The van der Waals surface area contributed by atoms with E-state index in [0.717, 1.165) is 5.56 Å². The van der Waals surface area contributed by atoms with Crippen LogP contribution in [0.4, 0.5) is 0 Å². The fourth-order valence-electron chi connectivity index (χ4n) is 4.92. The molecular formula is C31H40N6O9. The zero-order chi connectivity index (χ0) is 33.8. The average Bonchev–Trinajstić information content (AvgIpc) is 3.53. The monoisotopic (exact) mass is 640 g/mol. The van der Waals surface area contributed by atoms with Gasteiger partial charge in [0.15, 0.2) is 0 Å². The summed E-state index contributed by atoms with van der Waals surface area (Å²) in [5.41, 5.74) is 6.99. The Labute approximate surface area is 265 Å². The number of nitrogens with two attached hydrogens (primary N) is 1. The maximum absolute atomic E-state index is 13.8. The summed E-state index contributed by atoms with van der Waals surface area (Å²) < 4.78 is 0. The van der Waals surface area contributed by atoms with Crippen LogP contribution in [0.5, 0.6) is 5.75 Å². The molecule has 1 aliphatic rings. The third-order valence-electron chi connectivity index (χ3n) is 7.40. The Hall–Kier alpha value is -5.02. The summed E-state index contributed by atoms with van der Waals surface area (Å²) >= 11 is 0. The second-order valence-corrected chi connectivity index (χ2v) is 11.0. The Balaban J connectivity index is 1.73. The van der Waals surface area contributed by atoms with Crippen molar-refractivity contribution in [2.24, 2.45) is 5.73 Å². The highest BCUT2D eigenvalue weighted by Crippen LogP contribution is 2.20. The molecule has 2 aromatic carbocycles. The van der Waals surface area contributed by atoms with Gasteiger partial charge in [-0.1, -0.05) is 42.5 Å². The van der Waals surface area contributed by atoms with E-state index in [1.54, 1.807) is 42.5 Å². The lowest BCUT2D eigenvalue weighted by molar-refractivity contribution is -0.145. The number of carboxylic acids is 1. The van der Waals surface area contributed by atoms with Crippen molar-refractivity contribution in [2.45, 2.75) is 62.8 Å². The molecule has 0 bridgehead atoms. The summed E-state index contributed by atoms with van der Waals surface area (Å²) in [6.45, 7) is 0.246. The lowest BCUT2D eigenvalue weighted by atomic mass is 10.0. The van der Waals surface area contributed by atoms with Gasteiger partial charge in [0.1, 0.15) is 29.9 Å². The molecular weight excluding hydrogens is 600 g/mol. The van der Waals surface area contributed by atoms with Crippen LogP contribution in [0.1, 0.15) is 30.9 Å². The maximum Gasteiger partial charge on any atom is 0.328 e. The summed E-state index contributed by atoms with van der Waals surface area (Å²) in [7, 11) is 0. The fourth-order valence-corrected chi connectivity index (χ4v) is 4.92. The summed E-state index contributed by atoms with van der Waals surface area (Å²) in [6, 6.07) is 9.16. The van der Waals surface area contributed by atoms with Gasteiger partial charge < -0.3 is 47.2 Å². The maximum atomic E-state index is 13.8. The number of nitrogens with zero attached hydrogens (tertiary/aromatic N) is 1. The first-order valence-electron chi connectivity index (χ1n) is 14.8. The standard InChI is InChI=1S/C31H40N6O9/c1-18(32)27(41)35-22(14-19-6-3-2-4-7-19)28(42)33-16-26(40)34-23(15-20-9-11-21(39)12-10-20)30(44)37-13-5-8-25(37)29(43)36-24(17-38)31(45)46/h2-4,6-7,9-12,18,22-25,38-39H,5,8,13-17,32H2,1H3,(H,33,42)(H,34,40)(H,35,41)(H,36,43)(H,45,46). The second kappa shape index (κ2) is 16.9. The number of hydrogen-bond acceptors (Lipinski definition) is 9. The van der Waals surface area contributed by atoms with E-state index in [2.05, 4.69) is 21.3 Å². The van der Waals surface area contributed by atoms with E-state index in [4.69, 9.17) is 5.73 Å². The van der Waals surface area contributed by atoms with Crippen LogP contribution in [0, 0.1) is 0 Å². The molecule has 1 heterocycles. The first kappa shape index (κ1) is 35.5. The minimum Gasteiger partial charge on any atom is -0.508 e. The number of carbonyl (C=O) groups is 6. The molecule has 1 fully saturated rings. The third kappa shape index (κ3) is 10.3. The van der Waals surface area contributed by atoms with Crippen LogP contribution >= 0.6 is 0 Å². The zero-order valence-corrected chi connectivity index (χ0v) is 25.3. The Morgan fingerprint density at radius 2 is 1.50 bits per heavy atom. The molecule has 5 atom stereocenters. The van der Waals surface area contributed by atoms with Gasteiger partial charge in [0.25, 0.3) is 0 Å². The number of hydrogen-bond donors (Lipinski definition) is 8. The topological polar surface area (TPSA) is 240 Å². The van der Waals surface area contributed by atoms with Crippen molar-refractivity contribution in [3.63, 3.8) is 0 Å². The molecule has 15 nitrogen and oxygen atoms in total. The average molecular weight is 641 g/mol. The largest absolute Gasteiger partial charge is 0.508 e. The molecule has 248 valence electrons. The number of aliphatic hydroxyl groups excluding tert-OH is 1. The van der Waals surface area contributed by atoms with Crippen LogP contribution in [0.25, 0.3) is 0 Å². The highest BCUT2D eigenvalue weighted by Gasteiger charge is 2.39. The highest BCUT2D eigenvalue weighted by molar-refractivity contribution is 5.95. The van der Waals surface area contributed by atoms with Crippen LogP contribution in [0.15, 0.2) is 54.6 Å². The molecule has 0 aliphatic carbocycles. The Kier molecular flexibility index (Phi) is 13.0. The number of rotatable bonds is 15. The highest BCUT2D eigenvalue weighted by atomic mass is 16.4. The lowest BCUT2D eigenvalue weighted by Gasteiger charge is -2.29. The van der Waals surface area contributed by atoms with Crippen LogP contribution < -0.4 is 27.0 Å². The molecule has 0 spiro atoms. The molecule has 5 unspecified atom stereocenters. The van der Waals surface area contributed by atoms with Crippen LogP contribution in [0.2, 0.25) is 0 Å². The number of likely N-dealkylation sites (tertiary alicyclic amines) is 1. The number of amides is 5. The minimum atomic E-state index is -1.55. The van der Waals surface area contributed by atoms with Gasteiger partial charge in [0.05, 0.1) is 19.2 Å². The molecule has 0 aromatic heterocycles. The number of aliphatic hydroxyl groups is 1. The van der Waals surface area contributed by atoms with Crippen LogP contribution in [-0.2, 0) is 41.6 Å². The quantitative estimate of drug-likeness (QED) is 0.108. The van der Waals surface area contributed by atoms with Crippen molar-refractivity contribution < 1.29 is 44.1 Å². The van der Waals surface area contributed by atoms with E-state index in [0.29, 0.717) is 12.0 Å². The number of aromatic hydroxyl groups is 1. The molecule has 46 heavy (non-hydrogen) atoms. The molecule has 3 rings (SSSR count). The van der Waals surface area contributed by atoms with Gasteiger partial charge in [-0.25, -0.2) is 4.79 Å². The Morgan fingerprint density at radius 3 is 2.11 bits per heavy atom. The molecule has 1 saturated heterocycles. The third-order valence-corrected chi connectivity index (χ3v) is 7.40. The van der Waals surface area contributed by atoms with Crippen molar-refractivity contribution in [3.8, 4) is 5.75 Å². The smallest absolute Gasteiger partial charge is 0.328 e. The van der Waals surface area contributed by atoms with Gasteiger partial charge in [0.2, 0.25) is 29.5 Å². The summed E-state index contributed by atoms with van der Waals surface area (Å²) in [5, 5.41) is 38.1. The first-order chi connectivity index (χ1) is 21.9. The summed E-state index contributed by atoms with van der Waals surface area (Å²) in [5.74, 6) is -4.75. The van der Waals surface area contributed by atoms with Gasteiger partial charge >= 0.3 is 5.97 Å². The molecule has 15 heteroatoms. The number of phenols is 1. The molecule has 0 radical (unpaired) electrons. The second-order valence-electron chi connectivity index (χ2n) is 11.0. The number of nitrogens with one attached hydrogen (secondary N) is 4. The molecule has 2 aromatic rings. The summed E-state index contributed by atoms with van der Waals surface area (Å²) in [6.07, 6.45) is 0.777. The van der Waals surface area contributed by atoms with E-state index >= 15 is 0 Å². The van der Waals surface area contributed by atoms with E-state index in [1.807, 2.05) is 0 Å². The van der Waals surface area contributed by atoms with E-state index < -0.39 is 78.9 Å². The molecule has 0 saturated carbocycles. The number of carbonyl (C=O) groups excluding carboxylic acids is 5. The van der Waals surface area contributed by atoms with Crippen molar-refractivity contribution >= 4 is 35.5 Å². The van der Waals surface area contributed by atoms with E-state index in [1.165, 1.54) is 24.0 Å². The molecule has 1 aliphatic heterocycles. The first-order valence-corrected chi connectivity index (χ1v) is 14.8. The normalized spacial score (nSPS) is 16.8. The predicted octanol–water partition coefficient (Wildman–Crippen LogP) is -1.84. The van der Waals surface area contributed by atoms with Crippen LogP contribution in [-0.4, -0.2) is 106 Å². The summed E-state index contributed by atoms with van der Waals surface area (Å²) in [4.78, 5) is 77.7. The van der Waals surface area contributed by atoms with E-state index in [-0.39, 0.29) is 31.6 Å². The van der Waals surface area contributed by atoms with Crippen LogP contribution in [0.3, 0.4) is 0 Å². The number of phenolic OH excluding ortho intramolecular Hbond substituents is 1. The van der Waals surface area contributed by atoms with Gasteiger partial charge in [-0.05, 0) is 43.0 Å². The van der Waals surface area contributed by atoms with Gasteiger partial charge in [-0.15, -0.1) is 0 Å². The lowest BCUT2D eigenvalue weighted by Crippen LogP contribution is -2.57. The van der Waals surface area contributed by atoms with Gasteiger partial charge in [-0.3, -0.25) is 24.0 Å². The number of aliphatic carboxylic acids is 1. The zero-order valence-electron chi connectivity index (χ0n) is 25.3. The van der Waals surface area contributed by atoms with E-state index in [9.17, 15) is 44.1 Å². The Bertz CT molecular complexity index is 1390. The number of benzene rings is 2. The number of carboxylic acid groups (broad SMARTS) is 1. The molecule has 5 amide bonds. The van der Waals surface area contributed by atoms with Crippen molar-refractivity contribution in [3.05, 3.63) is 65.7 Å². The fraction of sp³-hybridized carbons (Fsp3) is 0.419. The van der Waals surface area contributed by atoms with Crippen molar-refractivity contribution in [2.75, 3.05) is 19.7 Å². The molecule has 9 N–H and O–H groups in total. The Morgan fingerprint density at radius 1 is 0.870 bits per heavy atom.